The summed E-state index contributed by atoms with van der Waals surface area (Å²) in [6, 6.07) is 7.35. The summed E-state index contributed by atoms with van der Waals surface area (Å²) < 4.78 is 8.28. The number of aromatic nitrogens is 6. The Labute approximate surface area is 205 Å². The van der Waals surface area contributed by atoms with E-state index < -0.39 is 0 Å². The minimum absolute atomic E-state index is 0.0230. The molecular formula is C28H30N6O. The molecule has 0 unspecified atom stereocenters. The van der Waals surface area contributed by atoms with Gasteiger partial charge in [0.25, 0.3) is 0 Å². The van der Waals surface area contributed by atoms with Crippen LogP contribution in [0.15, 0.2) is 30.6 Å². The molecule has 7 heteroatoms. The largest absolute Gasteiger partial charge is 0.373 e. The van der Waals surface area contributed by atoms with Gasteiger partial charge in [-0.25, -0.2) is 19.9 Å². The molecule has 0 spiro atoms. The number of hydrogen-bond donors (Lipinski definition) is 0. The van der Waals surface area contributed by atoms with Crippen LogP contribution in [0.1, 0.15) is 84.1 Å². The predicted molar refractivity (Wildman–Crippen MR) is 133 cm³/mol. The number of rotatable bonds is 4. The minimum atomic E-state index is 0.0230. The normalized spacial score (nSPS) is 22.0. The Hall–Kier alpha value is -3.19. The van der Waals surface area contributed by atoms with Crippen LogP contribution in [0.5, 0.6) is 0 Å². The van der Waals surface area contributed by atoms with E-state index in [1.165, 1.54) is 36.8 Å². The van der Waals surface area contributed by atoms with Gasteiger partial charge < -0.3 is 4.74 Å². The van der Waals surface area contributed by atoms with Gasteiger partial charge in [0.15, 0.2) is 5.65 Å². The third-order valence-electron chi connectivity index (χ3n) is 7.89. The smallest absolute Gasteiger partial charge is 0.182 e. The van der Waals surface area contributed by atoms with Crippen LogP contribution in [-0.4, -0.2) is 36.3 Å². The van der Waals surface area contributed by atoms with E-state index >= 15 is 0 Å². The summed E-state index contributed by atoms with van der Waals surface area (Å²) in [7, 11) is 0. The highest BCUT2D eigenvalue weighted by atomic mass is 16.5. The molecule has 0 N–H and O–H groups in total. The average molecular weight is 467 g/mol. The highest BCUT2D eigenvalue weighted by molar-refractivity contribution is 5.87. The van der Waals surface area contributed by atoms with Crippen LogP contribution >= 0.6 is 0 Å². The molecule has 3 aromatic heterocycles. The summed E-state index contributed by atoms with van der Waals surface area (Å²) in [5, 5.41) is 4.58. The Bertz CT molecular complexity index is 1440. The molecule has 1 aliphatic heterocycles. The summed E-state index contributed by atoms with van der Waals surface area (Å²) in [6.45, 7) is 4.70. The van der Waals surface area contributed by atoms with Crippen LogP contribution in [0.25, 0.3) is 22.4 Å². The molecule has 2 aliphatic carbocycles. The number of aryl methyl sites for hydroxylation is 4. The molecule has 178 valence electrons. The van der Waals surface area contributed by atoms with Crippen molar-refractivity contribution in [3.8, 4) is 11.3 Å². The van der Waals surface area contributed by atoms with Crippen molar-refractivity contribution in [3.05, 3.63) is 64.5 Å². The van der Waals surface area contributed by atoms with E-state index in [1.54, 1.807) is 0 Å². The molecule has 1 saturated carbocycles. The highest BCUT2D eigenvalue weighted by Gasteiger charge is 2.31. The van der Waals surface area contributed by atoms with Crippen molar-refractivity contribution in [2.45, 2.75) is 76.9 Å². The van der Waals surface area contributed by atoms with E-state index in [1.807, 2.05) is 20.0 Å². The van der Waals surface area contributed by atoms with Gasteiger partial charge in [-0.2, -0.15) is 5.10 Å². The van der Waals surface area contributed by atoms with Gasteiger partial charge in [-0.1, -0.05) is 12.1 Å². The van der Waals surface area contributed by atoms with Gasteiger partial charge in [0.1, 0.15) is 17.0 Å². The molecule has 2 atom stereocenters. The second-order valence-electron chi connectivity index (χ2n) is 10.4. The van der Waals surface area contributed by atoms with E-state index in [0.29, 0.717) is 18.3 Å². The lowest BCUT2D eigenvalue weighted by Crippen LogP contribution is -2.20. The lowest BCUT2D eigenvalue weighted by atomic mass is 9.92. The van der Waals surface area contributed by atoms with Crippen molar-refractivity contribution in [2.75, 3.05) is 6.61 Å². The molecule has 0 amide bonds. The fraction of sp³-hybridized carbons (Fsp3) is 0.464. The number of benzene rings is 1. The molecule has 0 bridgehead atoms. The summed E-state index contributed by atoms with van der Waals surface area (Å²) in [5.41, 5.74) is 9.41. The highest BCUT2D eigenvalue weighted by Crippen LogP contribution is 2.40. The Morgan fingerprint density at radius 3 is 2.69 bits per heavy atom. The number of ether oxygens (including phenoxy) is 1. The molecule has 1 aromatic carbocycles. The molecule has 35 heavy (non-hydrogen) atoms. The van der Waals surface area contributed by atoms with E-state index in [0.717, 1.165) is 58.8 Å². The molecule has 7 nitrogen and oxygen atoms in total. The van der Waals surface area contributed by atoms with Crippen LogP contribution in [0.4, 0.5) is 0 Å². The van der Waals surface area contributed by atoms with Crippen molar-refractivity contribution < 1.29 is 4.74 Å². The molecule has 0 radical (unpaired) electrons. The second-order valence-corrected chi connectivity index (χ2v) is 10.4. The van der Waals surface area contributed by atoms with E-state index in [2.05, 4.69) is 34.2 Å². The number of nitrogens with zero attached hydrogens (tertiary/aromatic N) is 6. The van der Waals surface area contributed by atoms with Crippen molar-refractivity contribution in [1.82, 2.24) is 29.7 Å². The first-order chi connectivity index (χ1) is 17.1. The van der Waals surface area contributed by atoms with Crippen LogP contribution in [-0.2, 0) is 17.6 Å². The molecule has 1 saturated heterocycles. The molecule has 3 aliphatic rings. The quantitative estimate of drug-likeness (QED) is 0.403. The third-order valence-corrected chi connectivity index (χ3v) is 7.89. The van der Waals surface area contributed by atoms with Crippen molar-refractivity contribution in [1.29, 1.82) is 0 Å². The first kappa shape index (κ1) is 21.1. The van der Waals surface area contributed by atoms with Gasteiger partial charge in [-0.15, -0.1) is 0 Å². The fourth-order valence-electron chi connectivity index (χ4n) is 5.55. The Balaban J connectivity index is 1.29. The van der Waals surface area contributed by atoms with Crippen LogP contribution in [0, 0.1) is 13.8 Å². The van der Waals surface area contributed by atoms with Crippen LogP contribution in [0.3, 0.4) is 0 Å². The van der Waals surface area contributed by atoms with E-state index in [4.69, 9.17) is 24.7 Å². The first-order valence-corrected chi connectivity index (χ1v) is 12.9. The molecule has 4 aromatic rings. The monoisotopic (exact) mass is 466 g/mol. The lowest BCUT2D eigenvalue weighted by molar-refractivity contribution is 0.00396. The zero-order valence-corrected chi connectivity index (χ0v) is 20.4. The van der Waals surface area contributed by atoms with Crippen molar-refractivity contribution in [3.63, 3.8) is 0 Å². The van der Waals surface area contributed by atoms with Crippen molar-refractivity contribution >= 4 is 11.2 Å². The van der Waals surface area contributed by atoms with Crippen LogP contribution < -0.4 is 0 Å². The third kappa shape index (κ3) is 3.82. The topological polar surface area (TPSA) is 78.6 Å². The number of hydrogen-bond acceptors (Lipinski definition) is 6. The summed E-state index contributed by atoms with van der Waals surface area (Å²) in [4.78, 5) is 19.9. The van der Waals surface area contributed by atoms with Crippen molar-refractivity contribution in [2.24, 2.45) is 0 Å². The maximum Gasteiger partial charge on any atom is 0.182 e. The average Bonchev–Trinajstić information content (AvgIpc) is 3.41. The second kappa shape index (κ2) is 8.19. The van der Waals surface area contributed by atoms with Gasteiger partial charge in [0.2, 0.25) is 0 Å². The predicted octanol–water partition coefficient (Wildman–Crippen LogP) is 5.36. The Morgan fingerprint density at radius 1 is 0.943 bits per heavy atom. The number of fused-ring (bicyclic) bond motifs is 2. The van der Waals surface area contributed by atoms with E-state index in [-0.39, 0.29) is 12.0 Å². The van der Waals surface area contributed by atoms with Crippen LogP contribution in [0.2, 0.25) is 0 Å². The SMILES string of the molecule is Cc1nc2nc([C@@H]3CCO[C@@H](c4cnn(C5CC5)c4)C3)nc(-c3ccc4c(c3)CCC4)c2nc1C. The van der Waals surface area contributed by atoms with E-state index in [9.17, 15) is 0 Å². The summed E-state index contributed by atoms with van der Waals surface area (Å²) in [5.74, 6) is 1.06. The fourth-order valence-corrected chi connectivity index (χ4v) is 5.55. The van der Waals surface area contributed by atoms with Gasteiger partial charge in [0, 0.05) is 29.8 Å². The zero-order chi connectivity index (χ0) is 23.5. The van der Waals surface area contributed by atoms with Gasteiger partial charge in [0.05, 0.1) is 29.7 Å². The Morgan fingerprint density at radius 2 is 1.80 bits per heavy atom. The maximum atomic E-state index is 6.18. The first-order valence-electron chi connectivity index (χ1n) is 12.9. The lowest BCUT2D eigenvalue weighted by Gasteiger charge is -2.28. The van der Waals surface area contributed by atoms with Gasteiger partial charge >= 0.3 is 0 Å². The summed E-state index contributed by atoms with van der Waals surface area (Å²) in [6.07, 6.45) is 11.9. The maximum absolute atomic E-state index is 6.18. The molecule has 7 rings (SSSR count). The summed E-state index contributed by atoms with van der Waals surface area (Å²) >= 11 is 0. The van der Waals surface area contributed by atoms with Gasteiger partial charge in [-0.05, 0) is 76.0 Å². The molecular weight excluding hydrogens is 436 g/mol. The van der Waals surface area contributed by atoms with Gasteiger partial charge in [-0.3, -0.25) is 4.68 Å². The standard InChI is InChI=1S/C28H30N6O/c1-16-17(2)31-28-26(30-16)25(20-7-6-18-4-3-5-19(18)12-20)32-27(33-28)21-10-11-35-24(13-21)22-14-29-34(15-22)23-8-9-23/h6-7,12,14-15,21,23-24H,3-5,8-11,13H2,1-2H3/t21-,24-/m1/s1. The molecule has 2 fully saturated rings. The zero-order valence-electron chi connectivity index (χ0n) is 20.4. The molecule has 4 heterocycles. The minimum Gasteiger partial charge on any atom is -0.373 e. The Kier molecular flexibility index (Phi) is 4.94.